The molecule has 25 heavy (non-hydrogen) atoms. The van der Waals surface area contributed by atoms with E-state index in [0.717, 1.165) is 11.1 Å². The van der Waals surface area contributed by atoms with Crippen LogP contribution >= 0.6 is 0 Å². The van der Waals surface area contributed by atoms with E-state index in [1.54, 1.807) is 29.2 Å². The van der Waals surface area contributed by atoms with Crippen molar-refractivity contribution in [3.8, 4) is 5.75 Å². The lowest BCUT2D eigenvalue weighted by Gasteiger charge is -2.28. The second-order valence-corrected chi connectivity index (χ2v) is 5.99. The molecule has 1 aliphatic heterocycles. The SMILES string of the molecule is NC(=O)CCN1CCc2cc(OCc3ccc(F)cc3)ccc2C1=O. The maximum atomic E-state index is 12.9. The molecule has 0 radical (unpaired) electrons. The zero-order valence-corrected chi connectivity index (χ0v) is 13.7. The van der Waals surface area contributed by atoms with Gasteiger partial charge in [0.1, 0.15) is 18.2 Å². The molecule has 0 spiro atoms. The summed E-state index contributed by atoms with van der Waals surface area (Å²) in [5.41, 5.74) is 7.57. The molecule has 0 bridgehead atoms. The molecule has 0 aromatic heterocycles. The van der Waals surface area contributed by atoms with Gasteiger partial charge in [0.05, 0.1) is 0 Å². The zero-order chi connectivity index (χ0) is 17.8. The number of nitrogens with two attached hydrogens (primary N) is 1. The largest absolute Gasteiger partial charge is 0.489 e. The molecule has 0 aliphatic carbocycles. The Balaban J connectivity index is 1.65. The third-order valence-corrected chi connectivity index (χ3v) is 4.19. The fraction of sp³-hybridized carbons (Fsp3) is 0.263. The maximum absolute atomic E-state index is 12.9. The van der Waals surface area contributed by atoms with Crippen LogP contribution in [-0.4, -0.2) is 29.8 Å². The Kier molecular flexibility index (Phi) is 4.97. The van der Waals surface area contributed by atoms with Crippen LogP contribution in [0.1, 0.15) is 27.9 Å². The van der Waals surface area contributed by atoms with Crippen LogP contribution in [0.3, 0.4) is 0 Å². The summed E-state index contributed by atoms with van der Waals surface area (Å²) < 4.78 is 18.6. The molecule has 5 nitrogen and oxygen atoms in total. The van der Waals surface area contributed by atoms with Crippen LogP contribution in [0.2, 0.25) is 0 Å². The lowest BCUT2D eigenvalue weighted by molar-refractivity contribution is -0.118. The first kappa shape index (κ1) is 17.0. The van der Waals surface area contributed by atoms with Gasteiger partial charge in [-0.3, -0.25) is 9.59 Å². The third kappa shape index (κ3) is 4.15. The van der Waals surface area contributed by atoms with Crippen molar-refractivity contribution < 1.29 is 18.7 Å². The minimum Gasteiger partial charge on any atom is -0.489 e. The van der Waals surface area contributed by atoms with Crippen molar-refractivity contribution in [2.24, 2.45) is 5.73 Å². The van der Waals surface area contributed by atoms with Crippen molar-refractivity contribution in [1.29, 1.82) is 0 Å². The molecule has 6 heteroatoms. The summed E-state index contributed by atoms with van der Waals surface area (Å²) in [5, 5.41) is 0. The van der Waals surface area contributed by atoms with Crippen molar-refractivity contribution >= 4 is 11.8 Å². The van der Waals surface area contributed by atoms with Crippen LogP contribution in [0, 0.1) is 5.82 Å². The normalized spacial score (nSPS) is 13.5. The van der Waals surface area contributed by atoms with Gasteiger partial charge in [-0.15, -0.1) is 0 Å². The first-order valence-corrected chi connectivity index (χ1v) is 8.10. The molecule has 0 fully saturated rings. The maximum Gasteiger partial charge on any atom is 0.254 e. The van der Waals surface area contributed by atoms with Gasteiger partial charge in [-0.25, -0.2) is 4.39 Å². The third-order valence-electron chi connectivity index (χ3n) is 4.19. The van der Waals surface area contributed by atoms with E-state index >= 15 is 0 Å². The smallest absolute Gasteiger partial charge is 0.254 e. The van der Waals surface area contributed by atoms with Gasteiger partial charge in [0.25, 0.3) is 5.91 Å². The molecule has 1 aliphatic rings. The fourth-order valence-electron chi connectivity index (χ4n) is 2.81. The van der Waals surface area contributed by atoms with Gasteiger partial charge in [-0.05, 0) is 47.9 Å². The van der Waals surface area contributed by atoms with E-state index in [1.807, 2.05) is 6.07 Å². The summed E-state index contributed by atoms with van der Waals surface area (Å²) >= 11 is 0. The van der Waals surface area contributed by atoms with E-state index in [-0.39, 0.29) is 18.1 Å². The molecule has 0 unspecified atom stereocenters. The highest BCUT2D eigenvalue weighted by Gasteiger charge is 2.24. The molecule has 0 saturated carbocycles. The summed E-state index contributed by atoms with van der Waals surface area (Å²) in [4.78, 5) is 25.0. The number of nitrogens with zero attached hydrogens (tertiary/aromatic N) is 1. The quantitative estimate of drug-likeness (QED) is 0.875. The minimum atomic E-state index is -0.414. The lowest BCUT2D eigenvalue weighted by Crippen LogP contribution is -2.39. The monoisotopic (exact) mass is 342 g/mol. The molecule has 0 atom stereocenters. The fourth-order valence-corrected chi connectivity index (χ4v) is 2.81. The second kappa shape index (κ2) is 7.34. The summed E-state index contributed by atoms with van der Waals surface area (Å²) in [5.74, 6) is -0.117. The molecule has 2 aromatic rings. The average molecular weight is 342 g/mol. The number of primary amides is 1. The lowest BCUT2D eigenvalue weighted by atomic mass is 9.98. The highest BCUT2D eigenvalue weighted by molar-refractivity contribution is 5.97. The zero-order valence-electron chi connectivity index (χ0n) is 13.7. The molecule has 2 N–H and O–H groups in total. The van der Waals surface area contributed by atoms with Gasteiger partial charge in [0, 0.05) is 25.1 Å². The van der Waals surface area contributed by atoms with Crippen molar-refractivity contribution in [3.63, 3.8) is 0 Å². The number of fused-ring (bicyclic) bond motifs is 1. The predicted molar refractivity (Wildman–Crippen MR) is 90.6 cm³/mol. The first-order chi connectivity index (χ1) is 12.0. The van der Waals surface area contributed by atoms with Gasteiger partial charge < -0.3 is 15.4 Å². The Bertz CT molecular complexity index is 790. The summed E-state index contributed by atoms with van der Waals surface area (Å²) in [6, 6.07) is 11.5. The summed E-state index contributed by atoms with van der Waals surface area (Å²) in [6.07, 6.45) is 0.869. The number of ether oxygens (including phenoxy) is 1. The summed E-state index contributed by atoms with van der Waals surface area (Å²) in [6.45, 7) is 1.23. The molecule has 3 rings (SSSR count). The van der Waals surface area contributed by atoms with Gasteiger partial charge in [-0.2, -0.15) is 0 Å². The van der Waals surface area contributed by atoms with Crippen LogP contribution < -0.4 is 10.5 Å². The molecule has 2 aromatic carbocycles. The predicted octanol–water partition coefficient (Wildman–Crippen LogP) is 2.28. The van der Waals surface area contributed by atoms with Gasteiger partial charge in [-0.1, -0.05) is 12.1 Å². The van der Waals surface area contributed by atoms with Crippen molar-refractivity contribution in [3.05, 3.63) is 65.0 Å². The Labute approximate surface area is 145 Å². The van der Waals surface area contributed by atoms with Crippen LogP contribution in [0.25, 0.3) is 0 Å². The Morgan fingerprint density at radius 3 is 2.68 bits per heavy atom. The second-order valence-electron chi connectivity index (χ2n) is 5.99. The van der Waals surface area contributed by atoms with Crippen LogP contribution in [0.4, 0.5) is 4.39 Å². The van der Waals surface area contributed by atoms with Gasteiger partial charge in [0.2, 0.25) is 5.91 Å². The highest BCUT2D eigenvalue weighted by atomic mass is 19.1. The topological polar surface area (TPSA) is 72.6 Å². The van der Waals surface area contributed by atoms with E-state index in [9.17, 15) is 14.0 Å². The van der Waals surface area contributed by atoms with Crippen molar-refractivity contribution in [2.75, 3.05) is 13.1 Å². The van der Waals surface area contributed by atoms with E-state index in [0.29, 0.717) is 37.4 Å². The number of carbonyl (C=O) groups is 2. The summed E-state index contributed by atoms with van der Waals surface area (Å²) in [7, 11) is 0. The Morgan fingerprint density at radius 2 is 1.96 bits per heavy atom. The molecule has 2 amide bonds. The number of halogens is 1. The van der Waals surface area contributed by atoms with Crippen LogP contribution in [-0.2, 0) is 17.8 Å². The van der Waals surface area contributed by atoms with E-state index < -0.39 is 5.91 Å². The first-order valence-electron chi connectivity index (χ1n) is 8.10. The van der Waals surface area contributed by atoms with E-state index in [1.165, 1.54) is 12.1 Å². The van der Waals surface area contributed by atoms with Crippen LogP contribution in [0.15, 0.2) is 42.5 Å². The average Bonchev–Trinajstić information content (AvgIpc) is 2.60. The Morgan fingerprint density at radius 1 is 1.20 bits per heavy atom. The number of carbonyl (C=O) groups excluding carboxylic acids is 2. The van der Waals surface area contributed by atoms with Gasteiger partial charge in [0.15, 0.2) is 0 Å². The minimum absolute atomic E-state index is 0.0902. The molecule has 1 heterocycles. The molecule has 0 saturated heterocycles. The number of rotatable bonds is 6. The molecular weight excluding hydrogens is 323 g/mol. The number of benzene rings is 2. The van der Waals surface area contributed by atoms with E-state index in [2.05, 4.69) is 0 Å². The standard InChI is InChI=1S/C19H19FN2O3/c20-15-3-1-13(2-4-15)12-25-16-5-6-17-14(11-16)7-9-22(19(17)24)10-8-18(21)23/h1-6,11H,7-10,12H2,(H2,21,23). The number of hydrogen-bond acceptors (Lipinski definition) is 3. The number of amides is 2. The van der Waals surface area contributed by atoms with Gasteiger partial charge >= 0.3 is 0 Å². The Hall–Kier alpha value is -2.89. The van der Waals surface area contributed by atoms with Crippen LogP contribution in [0.5, 0.6) is 5.75 Å². The molecule has 130 valence electrons. The number of hydrogen-bond donors (Lipinski definition) is 1. The van der Waals surface area contributed by atoms with Crippen molar-refractivity contribution in [2.45, 2.75) is 19.4 Å². The van der Waals surface area contributed by atoms with E-state index in [4.69, 9.17) is 10.5 Å². The highest BCUT2D eigenvalue weighted by Crippen LogP contribution is 2.24. The van der Waals surface area contributed by atoms with Crippen molar-refractivity contribution in [1.82, 2.24) is 4.90 Å². The molecular formula is C19H19FN2O3.